The quantitative estimate of drug-likeness (QED) is 0.0797. The molecule has 4 amide bonds. The van der Waals surface area contributed by atoms with Crippen LogP contribution < -0.4 is 10.6 Å². The molecule has 398 valence electrons. The number of aromatic amines is 2. The summed E-state index contributed by atoms with van der Waals surface area (Å²) in [5, 5.41) is 5.51. The molecule has 0 saturated carbocycles. The minimum Gasteiger partial charge on any atom is -0.453 e. The highest BCUT2D eigenvalue weighted by atomic mass is 32.2. The summed E-state index contributed by atoms with van der Waals surface area (Å²) >= 11 is 3.26. The number of methoxy groups -OCH3 is 2. The van der Waals surface area contributed by atoms with Gasteiger partial charge < -0.3 is 39.9 Å². The van der Waals surface area contributed by atoms with Gasteiger partial charge in [-0.25, -0.2) is 19.6 Å². The van der Waals surface area contributed by atoms with E-state index in [1.807, 2.05) is 40.8 Å². The van der Waals surface area contributed by atoms with E-state index >= 15 is 0 Å². The van der Waals surface area contributed by atoms with E-state index in [2.05, 4.69) is 121 Å². The molecular weight excluding hydrogens is 981 g/mol. The summed E-state index contributed by atoms with van der Waals surface area (Å²) in [4.78, 5) is 72.7. The lowest BCUT2D eigenvalue weighted by Crippen LogP contribution is -2.49. The Morgan fingerprint density at radius 1 is 0.747 bits per heavy atom. The first-order chi connectivity index (χ1) is 36.2. The van der Waals surface area contributed by atoms with Gasteiger partial charge in [-0.1, -0.05) is 112 Å². The molecule has 0 radical (unpaired) electrons. The maximum Gasteiger partial charge on any atom is 0.407 e. The molecule has 7 rings (SSSR count). The smallest absolute Gasteiger partial charge is 0.407 e. The zero-order chi connectivity index (χ0) is 53.6. The Morgan fingerprint density at radius 2 is 1.24 bits per heavy atom. The average molecular weight is 1060 g/mol. The number of aromatic nitrogens is 4. The molecular formula is C59H74N8O6S2. The van der Waals surface area contributed by atoms with Gasteiger partial charge in [0.15, 0.2) is 0 Å². The van der Waals surface area contributed by atoms with Gasteiger partial charge >= 0.3 is 12.2 Å². The van der Waals surface area contributed by atoms with Crippen molar-refractivity contribution in [1.82, 2.24) is 40.4 Å². The van der Waals surface area contributed by atoms with Crippen LogP contribution in [0.2, 0.25) is 0 Å². The first kappa shape index (κ1) is 56.2. The number of amides is 4. The topological polar surface area (TPSA) is 175 Å². The summed E-state index contributed by atoms with van der Waals surface area (Å²) in [5.41, 5.74) is 11.0. The van der Waals surface area contributed by atoms with Crippen molar-refractivity contribution in [3.05, 3.63) is 144 Å². The van der Waals surface area contributed by atoms with Crippen LogP contribution in [0, 0.1) is 11.8 Å². The summed E-state index contributed by atoms with van der Waals surface area (Å²) in [6.07, 6.45) is 21.9. The molecule has 1 aliphatic carbocycles. The lowest BCUT2D eigenvalue weighted by atomic mass is 9.89. The molecule has 4 heterocycles. The van der Waals surface area contributed by atoms with E-state index in [9.17, 15) is 19.2 Å². The third-order valence-electron chi connectivity index (χ3n) is 14.3. The van der Waals surface area contributed by atoms with E-state index in [4.69, 9.17) is 19.4 Å². The molecule has 2 saturated heterocycles. The fourth-order valence-corrected chi connectivity index (χ4v) is 11.3. The van der Waals surface area contributed by atoms with Crippen LogP contribution in [-0.4, -0.2) is 117 Å². The maximum absolute atomic E-state index is 13.9. The molecule has 0 unspecified atom stereocenters. The SMILES string of the molecule is C=C/C(=C1\C=C/CCCC(=C)/C(c2ccc(-c3c[nH]c([C@@H]4C[C@@H](C)CN4C(=O)[C@H](CCSC)NC(=O)OC)n3)cc2)=C\C(=C)CC1)c1ccc(-c2c[nH]c([C@@H]3C[C@@H](C)CN3C(=O)[C@H](CCSC)NC(=O)OC)n2)cc1. The second-order valence-electron chi connectivity index (χ2n) is 19.9. The molecule has 75 heavy (non-hydrogen) atoms. The average Bonchev–Trinajstić information content (AvgIpc) is 4.26. The lowest BCUT2D eigenvalue weighted by molar-refractivity contribution is -0.135. The minimum atomic E-state index is -0.680. The fourth-order valence-electron chi connectivity index (χ4n) is 10.3. The van der Waals surface area contributed by atoms with E-state index in [1.165, 1.54) is 19.8 Å². The van der Waals surface area contributed by atoms with E-state index < -0.39 is 24.3 Å². The molecule has 14 nitrogen and oxygen atoms in total. The minimum absolute atomic E-state index is 0.126. The highest BCUT2D eigenvalue weighted by Crippen LogP contribution is 2.38. The van der Waals surface area contributed by atoms with Crippen molar-refractivity contribution >= 4 is 58.7 Å². The molecule has 2 aliphatic heterocycles. The van der Waals surface area contributed by atoms with Gasteiger partial charge in [0.05, 0.1) is 37.7 Å². The number of likely N-dealkylation sites (tertiary alicyclic amines) is 2. The number of hydrogen-bond acceptors (Lipinski definition) is 10. The zero-order valence-corrected chi connectivity index (χ0v) is 46.0. The van der Waals surface area contributed by atoms with E-state index in [0.29, 0.717) is 25.9 Å². The number of hydrogen-bond donors (Lipinski definition) is 4. The lowest BCUT2D eigenvalue weighted by Gasteiger charge is -2.28. The standard InChI is InChI=1S/C59H74N8O6S2/c1-10-46(42-18-22-44(23-19-42)50-33-60-54(62-50)52-31-38(3)35-66(52)56(68)48(26-28-74-8)64-58(70)72-6)41-15-13-11-12-14-40(5)47(30-37(2)16-17-41)43-20-24-45(25-21-43)51-34-61-55(63-51)53-32-39(4)36-67(53)57(69)49(27-29-75-9)65-59(71)73-7/h10,13,15,18-25,30,33-34,38-39,48-49,52-53H,1-2,5,11-12,14,16-17,26-29,31-32,35-36H2,3-4,6-9H3,(H,60,62)(H,61,63)(H,64,70)(H,65,71)/b15-13-,46-41-,47-30+/t38-,39-,48+,49+,52+,53+/m1/s1. The molecule has 4 N–H and O–H groups in total. The van der Waals surface area contributed by atoms with E-state index in [-0.39, 0.29) is 35.7 Å². The van der Waals surface area contributed by atoms with Crippen LogP contribution in [-0.2, 0) is 19.1 Å². The number of carbonyl (C=O) groups excluding carboxylic acids is 4. The molecule has 16 heteroatoms. The van der Waals surface area contributed by atoms with Gasteiger partial charge in [-0.15, -0.1) is 0 Å². The summed E-state index contributed by atoms with van der Waals surface area (Å²) in [5.74, 6) is 3.19. The number of alkyl carbamates (subject to hydrolysis) is 2. The monoisotopic (exact) mass is 1050 g/mol. The van der Waals surface area contributed by atoms with Crippen molar-refractivity contribution in [1.29, 1.82) is 0 Å². The van der Waals surface area contributed by atoms with Crippen LogP contribution in [0.15, 0.2) is 122 Å². The second-order valence-corrected chi connectivity index (χ2v) is 21.9. The summed E-state index contributed by atoms with van der Waals surface area (Å²) in [6, 6.07) is 15.0. The Kier molecular flexibility index (Phi) is 20.1. The van der Waals surface area contributed by atoms with Crippen molar-refractivity contribution in [2.75, 3.05) is 51.3 Å². The summed E-state index contributed by atoms with van der Waals surface area (Å²) < 4.78 is 9.68. The molecule has 2 aromatic heterocycles. The van der Waals surface area contributed by atoms with Crippen molar-refractivity contribution in [2.45, 2.75) is 95.8 Å². The van der Waals surface area contributed by atoms with Crippen LogP contribution >= 0.6 is 23.5 Å². The molecule has 4 aromatic rings. The highest BCUT2D eigenvalue weighted by molar-refractivity contribution is 7.98. The number of thioether (sulfide) groups is 2. The molecule has 0 spiro atoms. The third-order valence-corrected chi connectivity index (χ3v) is 15.6. The first-order valence-electron chi connectivity index (χ1n) is 25.9. The van der Waals surface area contributed by atoms with Gasteiger partial charge in [0.1, 0.15) is 23.7 Å². The van der Waals surface area contributed by atoms with Crippen molar-refractivity contribution in [2.24, 2.45) is 11.8 Å². The fraction of sp³-hybridized carbons (Fsp3) is 0.424. The van der Waals surface area contributed by atoms with Gasteiger partial charge in [-0.3, -0.25) is 9.59 Å². The molecule has 2 aromatic carbocycles. The number of carbonyl (C=O) groups is 4. The second kappa shape index (κ2) is 26.8. The Hall–Kier alpha value is -6.52. The van der Waals surface area contributed by atoms with Gasteiger partial charge in [0.2, 0.25) is 11.8 Å². The molecule has 6 atom stereocenters. The number of allylic oxidation sites excluding steroid dienone is 9. The predicted octanol–water partition coefficient (Wildman–Crippen LogP) is 11.9. The zero-order valence-electron chi connectivity index (χ0n) is 44.4. The number of nitrogens with one attached hydrogen (secondary N) is 4. The normalized spacial score (nSPS) is 22.0. The van der Waals surface area contributed by atoms with Crippen molar-refractivity contribution < 1.29 is 28.7 Å². The molecule has 0 bridgehead atoms. The Morgan fingerprint density at radius 3 is 1.72 bits per heavy atom. The maximum atomic E-state index is 13.9. The molecule has 2 fully saturated rings. The van der Waals surface area contributed by atoms with Gasteiger partial charge in [0, 0.05) is 36.6 Å². The largest absolute Gasteiger partial charge is 0.453 e. The Labute approximate surface area is 451 Å². The number of nitrogens with zero attached hydrogens (tertiary/aromatic N) is 4. The van der Waals surface area contributed by atoms with Crippen LogP contribution in [0.25, 0.3) is 33.7 Å². The first-order valence-corrected chi connectivity index (χ1v) is 28.7. The number of rotatable bonds is 17. The summed E-state index contributed by atoms with van der Waals surface area (Å²) in [7, 11) is 2.61. The summed E-state index contributed by atoms with van der Waals surface area (Å²) in [6.45, 7) is 18.8. The van der Waals surface area contributed by atoms with Gasteiger partial charge in [-0.05, 0) is 127 Å². The Bertz CT molecular complexity index is 2780. The molecule has 3 aliphatic rings. The third kappa shape index (κ3) is 14.3. The number of benzene rings is 2. The van der Waals surface area contributed by atoms with Crippen molar-refractivity contribution in [3.8, 4) is 22.5 Å². The predicted molar refractivity (Wildman–Crippen MR) is 305 cm³/mol. The number of ether oxygens (including phenoxy) is 2. The van der Waals surface area contributed by atoms with Crippen molar-refractivity contribution in [3.63, 3.8) is 0 Å². The van der Waals surface area contributed by atoms with Crippen LogP contribution in [0.5, 0.6) is 0 Å². The van der Waals surface area contributed by atoms with E-state index in [1.54, 1.807) is 23.5 Å². The van der Waals surface area contributed by atoms with E-state index in [0.717, 1.165) is 124 Å². The Balaban J connectivity index is 1.03. The number of imidazole rings is 2. The van der Waals surface area contributed by atoms with Crippen LogP contribution in [0.3, 0.4) is 0 Å². The van der Waals surface area contributed by atoms with Crippen LogP contribution in [0.1, 0.15) is 106 Å². The van der Waals surface area contributed by atoms with Gasteiger partial charge in [-0.2, -0.15) is 23.5 Å². The van der Waals surface area contributed by atoms with Crippen LogP contribution in [0.4, 0.5) is 9.59 Å². The highest BCUT2D eigenvalue weighted by Gasteiger charge is 2.41. The number of H-pyrrole nitrogens is 2. The van der Waals surface area contributed by atoms with Gasteiger partial charge in [0.25, 0.3) is 0 Å².